The summed E-state index contributed by atoms with van der Waals surface area (Å²) < 4.78 is 5.15. The zero-order valence-electron chi connectivity index (χ0n) is 11.2. The van der Waals surface area contributed by atoms with Gasteiger partial charge < -0.3 is 4.74 Å². The molecule has 19 heavy (non-hydrogen) atoms. The van der Waals surface area contributed by atoms with Gasteiger partial charge in [-0.2, -0.15) is 0 Å². The lowest BCUT2D eigenvalue weighted by molar-refractivity contribution is 0.414. The van der Waals surface area contributed by atoms with Crippen molar-refractivity contribution in [1.29, 1.82) is 0 Å². The minimum Gasteiger partial charge on any atom is -0.497 e. The summed E-state index contributed by atoms with van der Waals surface area (Å²) in [6.07, 6.45) is 2.92. The second kappa shape index (κ2) is 7.20. The molecule has 1 unspecified atom stereocenters. The summed E-state index contributed by atoms with van der Waals surface area (Å²) in [6.45, 7) is 0. The number of ether oxygens (including phenoxy) is 1. The average Bonchev–Trinajstić information content (AvgIpc) is 2.47. The molecule has 0 aliphatic rings. The van der Waals surface area contributed by atoms with Gasteiger partial charge in [0.05, 0.1) is 7.11 Å². The van der Waals surface area contributed by atoms with Crippen LogP contribution in [-0.4, -0.2) is 12.5 Å². The maximum Gasteiger partial charge on any atom is 0.118 e. The zero-order valence-corrected chi connectivity index (χ0v) is 11.9. The lowest BCUT2D eigenvalue weighted by Gasteiger charge is -2.10. The van der Waals surface area contributed by atoms with Crippen LogP contribution in [0.3, 0.4) is 0 Å². The predicted octanol–water partition coefficient (Wildman–Crippen LogP) is 4.48. The van der Waals surface area contributed by atoms with Crippen LogP contribution < -0.4 is 4.74 Å². The van der Waals surface area contributed by atoms with E-state index in [9.17, 15) is 0 Å². The van der Waals surface area contributed by atoms with Crippen molar-refractivity contribution in [2.45, 2.75) is 24.6 Å². The highest BCUT2D eigenvalue weighted by atomic mass is 35.5. The van der Waals surface area contributed by atoms with E-state index in [1.54, 1.807) is 7.11 Å². The van der Waals surface area contributed by atoms with Crippen LogP contribution in [0.5, 0.6) is 5.75 Å². The van der Waals surface area contributed by atoms with Crippen molar-refractivity contribution in [2.24, 2.45) is 0 Å². The van der Waals surface area contributed by atoms with Gasteiger partial charge in [-0.1, -0.05) is 42.5 Å². The molecule has 0 bridgehead atoms. The van der Waals surface area contributed by atoms with Gasteiger partial charge in [-0.05, 0) is 42.5 Å². The molecular formula is C17H19ClO. The molecule has 0 saturated heterocycles. The zero-order chi connectivity index (χ0) is 13.5. The van der Waals surface area contributed by atoms with E-state index in [2.05, 4.69) is 36.4 Å². The molecule has 0 amide bonds. The fourth-order valence-corrected chi connectivity index (χ4v) is 2.37. The molecular weight excluding hydrogens is 256 g/mol. The first kappa shape index (κ1) is 14.0. The lowest BCUT2D eigenvalue weighted by atomic mass is 10.0. The first-order valence-corrected chi connectivity index (χ1v) is 7.02. The van der Waals surface area contributed by atoms with Crippen molar-refractivity contribution in [3.8, 4) is 5.75 Å². The minimum atomic E-state index is 0.185. The molecule has 0 heterocycles. The van der Waals surface area contributed by atoms with Crippen LogP contribution in [-0.2, 0) is 12.8 Å². The minimum absolute atomic E-state index is 0.185. The highest BCUT2D eigenvalue weighted by Crippen LogP contribution is 2.17. The van der Waals surface area contributed by atoms with Gasteiger partial charge in [0, 0.05) is 5.38 Å². The van der Waals surface area contributed by atoms with Gasteiger partial charge in [-0.15, -0.1) is 11.6 Å². The van der Waals surface area contributed by atoms with Gasteiger partial charge in [0.2, 0.25) is 0 Å². The normalized spacial score (nSPS) is 12.1. The second-order valence-corrected chi connectivity index (χ2v) is 5.29. The van der Waals surface area contributed by atoms with E-state index in [1.165, 1.54) is 11.1 Å². The third kappa shape index (κ3) is 4.60. The predicted molar refractivity (Wildman–Crippen MR) is 81.1 cm³/mol. The topological polar surface area (TPSA) is 9.23 Å². The first-order chi connectivity index (χ1) is 9.28. The van der Waals surface area contributed by atoms with Gasteiger partial charge in [-0.3, -0.25) is 0 Å². The molecule has 0 fully saturated rings. The molecule has 1 atom stereocenters. The van der Waals surface area contributed by atoms with Crippen LogP contribution in [0.4, 0.5) is 0 Å². The van der Waals surface area contributed by atoms with Crippen molar-refractivity contribution in [2.75, 3.05) is 7.11 Å². The van der Waals surface area contributed by atoms with E-state index < -0.39 is 0 Å². The molecule has 0 aliphatic carbocycles. The molecule has 0 N–H and O–H groups in total. The molecule has 2 heteroatoms. The molecule has 2 aromatic rings. The van der Waals surface area contributed by atoms with E-state index in [0.29, 0.717) is 0 Å². The van der Waals surface area contributed by atoms with E-state index in [1.807, 2.05) is 18.2 Å². The molecule has 0 saturated carbocycles. The quantitative estimate of drug-likeness (QED) is 0.706. The summed E-state index contributed by atoms with van der Waals surface area (Å²) in [5.74, 6) is 0.899. The smallest absolute Gasteiger partial charge is 0.118 e. The summed E-state index contributed by atoms with van der Waals surface area (Å²) in [4.78, 5) is 0. The number of alkyl halides is 1. The highest BCUT2D eigenvalue weighted by Gasteiger charge is 2.06. The molecule has 100 valence electrons. The Morgan fingerprint density at radius 1 is 0.947 bits per heavy atom. The Bertz CT molecular complexity index is 478. The number of rotatable bonds is 6. The van der Waals surface area contributed by atoms with E-state index >= 15 is 0 Å². The Hall–Kier alpha value is -1.47. The largest absolute Gasteiger partial charge is 0.497 e. The third-order valence-corrected chi connectivity index (χ3v) is 3.58. The summed E-state index contributed by atoms with van der Waals surface area (Å²) >= 11 is 6.40. The van der Waals surface area contributed by atoms with Crippen LogP contribution >= 0.6 is 11.6 Å². The fraction of sp³-hybridized carbons (Fsp3) is 0.294. The van der Waals surface area contributed by atoms with E-state index in [4.69, 9.17) is 16.3 Å². The Balaban J connectivity index is 1.81. The number of halogens is 1. The molecule has 2 aromatic carbocycles. The van der Waals surface area contributed by atoms with E-state index in [0.717, 1.165) is 25.0 Å². The molecule has 0 spiro atoms. The van der Waals surface area contributed by atoms with Gasteiger partial charge >= 0.3 is 0 Å². The monoisotopic (exact) mass is 274 g/mol. The highest BCUT2D eigenvalue weighted by molar-refractivity contribution is 6.20. The lowest BCUT2D eigenvalue weighted by Crippen LogP contribution is -2.05. The number of aryl methyl sites for hydroxylation is 1. The molecule has 1 nitrogen and oxygen atoms in total. The number of hydrogen-bond acceptors (Lipinski definition) is 1. The Morgan fingerprint density at radius 2 is 1.63 bits per heavy atom. The van der Waals surface area contributed by atoms with Crippen molar-refractivity contribution < 1.29 is 4.74 Å². The summed E-state index contributed by atoms with van der Waals surface area (Å²) in [5, 5.41) is 0.185. The number of hydrogen-bond donors (Lipinski definition) is 0. The maximum atomic E-state index is 6.40. The SMILES string of the molecule is COc1ccc(CCC(Cl)Cc2ccccc2)cc1. The van der Waals surface area contributed by atoms with Gasteiger partial charge in [-0.25, -0.2) is 0 Å². The van der Waals surface area contributed by atoms with Gasteiger partial charge in [0.15, 0.2) is 0 Å². The van der Waals surface area contributed by atoms with Crippen LogP contribution in [0.1, 0.15) is 17.5 Å². The van der Waals surface area contributed by atoms with Crippen molar-refractivity contribution in [3.63, 3.8) is 0 Å². The van der Waals surface area contributed by atoms with Gasteiger partial charge in [0.1, 0.15) is 5.75 Å². The van der Waals surface area contributed by atoms with Gasteiger partial charge in [0.25, 0.3) is 0 Å². The Labute approximate surface area is 120 Å². The Kier molecular flexibility index (Phi) is 5.29. The molecule has 0 radical (unpaired) electrons. The summed E-state index contributed by atoms with van der Waals surface area (Å²) in [5.41, 5.74) is 2.61. The molecule has 0 aliphatic heterocycles. The van der Waals surface area contributed by atoms with E-state index in [-0.39, 0.29) is 5.38 Å². The molecule has 0 aromatic heterocycles. The van der Waals surface area contributed by atoms with Crippen LogP contribution in [0.2, 0.25) is 0 Å². The van der Waals surface area contributed by atoms with Crippen LogP contribution in [0.25, 0.3) is 0 Å². The van der Waals surface area contributed by atoms with Crippen molar-refractivity contribution in [3.05, 3.63) is 65.7 Å². The van der Waals surface area contributed by atoms with Crippen LogP contribution in [0.15, 0.2) is 54.6 Å². The fourth-order valence-electron chi connectivity index (χ4n) is 2.09. The summed E-state index contributed by atoms with van der Waals surface area (Å²) in [7, 11) is 1.68. The first-order valence-electron chi connectivity index (χ1n) is 6.59. The maximum absolute atomic E-state index is 6.40. The summed E-state index contributed by atoms with van der Waals surface area (Å²) in [6, 6.07) is 18.6. The second-order valence-electron chi connectivity index (χ2n) is 4.67. The van der Waals surface area contributed by atoms with Crippen LogP contribution in [0, 0.1) is 0 Å². The number of methoxy groups -OCH3 is 1. The third-order valence-electron chi connectivity index (χ3n) is 3.21. The van der Waals surface area contributed by atoms with Crippen molar-refractivity contribution >= 4 is 11.6 Å². The Morgan fingerprint density at radius 3 is 2.26 bits per heavy atom. The standard InChI is InChI=1S/C17H19ClO/c1-19-17-11-8-14(9-12-17)7-10-16(18)13-15-5-3-2-4-6-15/h2-6,8-9,11-12,16H,7,10,13H2,1H3. The average molecular weight is 275 g/mol. The molecule has 2 rings (SSSR count). The van der Waals surface area contributed by atoms with Crippen molar-refractivity contribution in [1.82, 2.24) is 0 Å². The number of benzene rings is 2.